The number of hydrogen-bond donors (Lipinski definition) is 3. The van der Waals surface area contributed by atoms with Gasteiger partial charge in [-0.05, 0) is 18.8 Å². The van der Waals surface area contributed by atoms with E-state index >= 15 is 0 Å². The molecule has 0 heterocycles. The number of aliphatic hydroxyl groups excluding tert-OH is 1. The SMILES string of the molecule is N[C@@](O)(c1ccc(C=O)cc1)[C@H](O)C1CCCCC1. The Morgan fingerprint density at radius 2 is 1.79 bits per heavy atom. The summed E-state index contributed by atoms with van der Waals surface area (Å²) in [6, 6.07) is 6.37. The summed E-state index contributed by atoms with van der Waals surface area (Å²) in [6.07, 6.45) is 4.87. The summed E-state index contributed by atoms with van der Waals surface area (Å²) >= 11 is 0. The van der Waals surface area contributed by atoms with Gasteiger partial charge in [0.05, 0.1) is 0 Å². The van der Waals surface area contributed by atoms with E-state index in [4.69, 9.17) is 5.73 Å². The Balaban J connectivity index is 2.16. The number of aldehydes is 1. The lowest BCUT2D eigenvalue weighted by molar-refractivity contribution is -0.109. The van der Waals surface area contributed by atoms with Gasteiger partial charge in [-0.15, -0.1) is 0 Å². The summed E-state index contributed by atoms with van der Waals surface area (Å²) < 4.78 is 0. The molecule has 4 heteroatoms. The van der Waals surface area contributed by atoms with Gasteiger partial charge in [-0.2, -0.15) is 0 Å². The number of carbonyl (C=O) groups is 1. The van der Waals surface area contributed by atoms with Crippen LogP contribution in [-0.4, -0.2) is 22.6 Å². The van der Waals surface area contributed by atoms with E-state index in [1.54, 1.807) is 24.3 Å². The van der Waals surface area contributed by atoms with Crippen LogP contribution in [0, 0.1) is 5.92 Å². The second-order valence-corrected chi connectivity index (χ2v) is 5.41. The van der Waals surface area contributed by atoms with Gasteiger partial charge in [-0.25, -0.2) is 0 Å². The van der Waals surface area contributed by atoms with Crippen molar-refractivity contribution in [2.45, 2.75) is 43.9 Å². The minimum Gasteiger partial charge on any atom is -0.388 e. The van der Waals surface area contributed by atoms with Crippen LogP contribution in [-0.2, 0) is 5.72 Å². The smallest absolute Gasteiger partial charge is 0.166 e. The molecule has 0 radical (unpaired) electrons. The van der Waals surface area contributed by atoms with Crippen molar-refractivity contribution in [1.82, 2.24) is 0 Å². The molecule has 0 saturated heterocycles. The van der Waals surface area contributed by atoms with Gasteiger partial charge in [0.1, 0.15) is 12.4 Å². The molecule has 4 nitrogen and oxygen atoms in total. The summed E-state index contributed by atoms with van der Waals surface area (Å²) in [5.74, 6) is 0.0366. The van der Waals surface area contributed by atoms with Gasteiger partial charge >= 0.3 is 0 Å². The molecule has 1 aromatic rings. The Labute approximate surface area is 113 Å². The van der Waals surface area contributed by atoms with Crippen LogP contribution in [0.4, 0.5) is 0 Å². The average Bonchev–Trinajstić information content (AvgIpc) is 2.47. The van der Waals surface area contributed by atoms with Gasteiger partial charge in [0.15, 0.2) is 5.72 Å². The maximum absolute atomic E-state index is 10.6. The quantitative estimate of drug-likeness (QED) is 0.568. The second kappa shape index (κ2) is 5.82. The average molecular weight is 263 g/mol. The first-order valence-corrected chi connectivity index (χ1v) is 6.80. The predicted octanol–water partition coefficient (Wildman–Crippen LogP) is 1.54. The van der Waals surface area contributed by atoms with Gasteiger partial charge in [0.25, 0.3) is 0 Å². The fourth-order valence-electron chi connectivity index (χ4n) is 2.81. The van der Waals surface area contributed by atoms with Crippen molar-refractivity contribution in [3.8, 4) is 0 Å². The van der Waals surface area contributed by atoms with Crippen LogP contribution in [0.25, 0.3) is 0 Å². The van der Waals surface area contributed by atoms with Crippen LogP contribution in [0.3, 0.4) is 0 Å². The topological polar surface area (TPSA) is 83.5 Å². The van der Waals surface area contributed by atoms with Gasteiger partial charge in [0, 0.05) is 11.1 Å². The van der Waals surface area contributed by atoms with Crippen LogP contribution in [0.1, 0.15) is 48.0 Å². The molecule has 2 rings (SSSR count). The Morgan fingerprint density at radius 1 is 1.21 bits per heavy atom. The lowest BCUT2D eigenvalue weighted by Gasteiger charge is -2.36. The van der Waals surface area contributed by atoms with Crippen molar-refractivity contribution in [2.24, 2.45) is 11.7 Å². The molecule has 0 aliphatic heterocycles. The first-order chi connectivity index (χ1) is 9.05. The molecule has 0 amide bonds. The van der Waals surface area contributed by atoms with E-state index < -0.39 is 11.8 Å². The minimum absolute atomic E-state index is 0.0366. The van der Waals surface area contributed by atoms with E-state index in [-0.39, 0.29) is 5.92 Å². The highest BCUT2D eigenvalue weighted by molar-refractivity contribution is 5.74. The zero-order valence-electron chi connectivity index (χ0n) is 11.0. The third-order valence-electron chi connectivity index (χ3n) is 4.06. The zero-order valence-corrected chi connectivity index (χ0v) is 11.0. The number of hydrogen-bond acceptors (Lipinski definition) is 4. The highest BCUT2D eigenvalue weighted by Crippen LogP contribution is 2.33. The van der Waals surface area contributed by atoms with Crippen LogP contribution in [0.2, 0.25) is 0 Å². The normalized spacial score (nSPS) is 21.6. The largest absolute Gasteiger partial charge is 0.388 e. The standard InChI is InChI=1S/C15H21NO3/c16-15(19,13-8-6-11(10-17)7-9-13)14(18)12-4-2-1-3-5-12/h6-10,12,14,18-19H,1-5,16H2/t14-,15-/m1/s1. The van der Waals surface area contributed by atoms with E-state index in [1.807, 2.05) is 0 Å². The fourth-order valence-corrected chi connectivity index (χ4v) is 2.81. The third-order valence-corrected chi connectivity index (χ3v) is 4.06. The van der Waals surface area contributed by atoms with Crippen molar-refractivity contribution in [3.05, 3.63) is 35.4 Å². The summed E-state index contributed by atoms with van der Waals surface area (Å²) in [6.45, 7) is 0. The lowest BCUT2D eigenvalue weighted by atomic mass is 9.79. The summed E-state index contributed by atoms with van der Waals surface area (Å²) in [4.78, 5) is 10.6. The molecule has 4 N–H and O–H groups in total. The molecule has 19 heavy (non-hydrogen) atoms. The van der Waals surface area contributed by atoms with Gasteiger partial charge in [-0.3, -0.25) is 10.5 Å². The van der Waals surface area contributed by atoms with Crippen molar-refractivity contribution >= 4 is 6.29 Å². The molecule has 1 aliphatic carbocycles. The molecule has 0 bridgehead atoms. The molecular weight excluding hydrogens is 242 g/mol. The molecule has 0 unspecified atom stereocenters. The van der Waals surface area contributed by atoms with Crippen molar-refractivity contribution in [3.63, 3.8) is 0 Å². The van der Waals surface area contributed by atoms with Gasteiger partial charge in [-0.1, -0.05) is 43.5 Å². The molecule has 104 valence electrons. The molecule has 0 spiro atoms. The molecule has 1 aliphatic rings. The van der Waals surface area contributed by atoms with Crippen molar-refractivity contribution in [2.75, 3.05) is 0 Å². The van der Waals surface area contributed by atoms with Crippen LogP contribution < -0.4 is 5.73 Å². The van der Waals surface area contributed by atoms with E-state index in [0.29, 0.717) is 11.1 Å². The van der Waals surface area contributed by atoms with Crippen LogP contribution in [0.15, 0.2) is 24.3 Å². The van der Waals surface area contributed by atoms with Crippen molar-refractivity contribution in [1.29, 1.82) is 0 Å². The Morgan fingerprint density at radius 3 is 2.32 bits per heavy atom. The lowest BCUT2D eigenvalue weighted by Crippen LogP contribution is -2.51. The Kier molecular flexibility index (Phi) is 4.34. The summed E-state index contributed by atoms with van der Waals surface area (Å²) in [7, 11) is 0. The molecule has 1 saturated carbocycles. The minimum atomic E-state index is -1.76. The number of aliphatic hydroxyl groups is 2. The van der Waals surface area contributed by atoms with E-state index in [1.165, 1.54) is 6.42 Å². The maximum Gasteiger partial charge on any atom is 0.166 e. The van der Waals surface area contributed by atoms with E-state index in [9.17, 15) is 15.0 Å². The molecular formula is C15H21NO3. The number of benzene rings is 1. The molecule has 2 atom stereocenters. The number of nitrogens with two attached hydrogens (primary N) is 1. The zero-order chi connectivity index (χ0) is 13.9. The van der Waals surface area contributed by atoms with Gasteiger partial charge in [0.2, 0.25) is 0 Å². The van der Waals surface area contributed by atoms with E-state index in [0.717, 1.165) is 32.0 Å². The molecule has 0 aromatic heterocycles. The highest BCUT2D eigenvalue weighted by atomic mass is 16.4. The summed E-state index contributed by atoms with van der Waals surface area (Å²) in [5.41, 5.74) is 5.12. The molecule has 1 aromatic carbocycles. The van der Waals surface area contributed by atoms with Crippen LogP contribution >= 0.6 is 0 Å². The van der Waals surface area contributed by atoms with Crippen molar-refractivity contribution < 1.29 is 15.0 Å². The monoisotopic (exact) mass is 263 g/mol. The van der Waals surface area contributed by atoms with E-state index in [2.05, 4.69) is 0 Å². The highest BCUT2D eigenvalue weighted by Gasteiger charge is 2.38. The summed E-state index contributed by atoms with van der Waals surface area (Å²) in [5, 5.41) is 20.7. The first-order valence-electron chi connectivity index (χ1n) is 6.80. The molecule has 1 fully saturated rings. The maximum atomic E-state index is 10.6. The Bertz CT molecular complexity index is 422. The second-order valence-electron chi connectivity index (χ2n) is 5.41. The predicted molar refractivity (Wildman–Crippen MR) is 72.5 cm³/mol. The Hall–Kier alpha value is -1.23. The fraction of sp³-hybridized carbons (Fsp3) is 0.533. The number of carbonyl (C=O) groups excluding carboxylic acids is 1. The first kappa shape index (κ1) is 14.2. The number of rotatable bonds is 4. The van der Waals surface area contributed by atoms with Gasteiger partial charge < -0.3 is 10.2 Å². The van der Waals surface area contributed by atoms with Crippen LogP contribution in [0.5, 0.6) is 0 Å². The third kappa shape index (κ3) is 3.03.